The van der Waals surface area contributed by atoms with Crippen LogP contribution in [-0.2, 0) is 9.53 Å². The number of ether oxygens (including phenoxy) is 1. The maximum atomic E-state index is 12.0. The van der Waals surface area contributed by atoms with E-state index >= 15 is 0 Å². The van der Waals surface area contributed by atoms with Crippen molar-refractivity contribution in [1.29, 1.82) is 0 Å². The zero-order valence-electron chi connectivity index (χ0n) is 14.4. The van der Waals surface area contributed by atoms with Gasteiger partial charge in [-0.1, -0.05) is 26.7 Å². The highest BCUT2D eigenvalue weighted by Crippen LogP contribution is 2.40. The Labute approximate surface area is 130 Å². The molecule has 0 heterocycles. The molecule has 4 heteroatoms. The normalized spacial score (nSPS) is 20.4. The summed E-state index contributed by atoms with van der Waals surface area (Å²) in [5.41, 5.74) is 0. The van der Waals surface area contributed by atoms with Gasteiger partial charge in [0.05, 0.1) is 12.4 Å². The molecule has 0 saturated heterocycles. The summed E-state index contributed by atoms with van der Waals surface area (Å²) in [4.78, 5) is 22.3. The molecular weight excluding hydrogens is 280 g/mol. The van der Waals surface area contributed by atoms with Crippen LogP contribution in [-0.4, -0.2) is 25.5 Å². The first-order chi connectivity index (χ1) is 9.67. The third-order valence-electron chi connectivity index (χ3n) is 5.04. The van der Waals surface area contributed by atoms with Crippen LogP contribution < -0.4 is 0 Å². The SMILES string of the molecule is CCOC1=CC(=O)C(CCCCC(C)(C)[Si](C)(C)O)CC1. The number of allylic oxidation sites excluding steroid dienone is 2. The second-order valence-corrected chi connectivity index (χ2v) is 11.8. The van der Waals surface area contributed by atoms with Gasteiger partial charge in [-0.3, -0.25) is 4.79 Å². The summed E-state index contributed by atoms with van der Waals surface area (Å²) in [7, 11) is -2.10. The van der Waals surface area contributed by atoms with E-state index in [4.69, 9.17) is 4.74 Å². The summed E-state index contributed by atoms with van der Waals surface area (Å²) >= 11 is 0. The van der Waals surface area contributed by atoms with Gasteiger partial charge in [-0.15, -0.1) is 0 Å². The highest BCUT2D eigenvalue weighted by molar-refractivity contribution is 6.72. The molecular formula is C17H32O3Si. The van der Waals surface area contributed by atoms with Crippen LogP contribution in [0.4, 0.5) is 0 Å². The Hall–Kier alpha value is -0.613. The van der Waals surface area contributed by atoms with Crippen molar-refractivity contribution in [2.45, 2.75) is 77.4 Å². The van der Waals surface area contributed by atoms with E-state index in [9.17, 15) is 9.59 Å². The fourth-order valence-corrected chi connectivity index (χ4v) is 3.45. The average molecular weight is 313 g/mol. The van der Waals surface area contributed by atoms with E-state index in [1.165, 1.54) is 0 Å². The van der Waals surface area contributed by atoms with Crippen molar-refractivity contribution in [2.75, 3.05) is 6.61 Å². The molecule has 1 atom stereocenters. The Morgan fingerprint density at radius 2 is 2.05 bits per heavy atom. The molecule has 0 aliphatic heterocycles. The average Bonchev–Trinajstić information content (AvgIpc) is 2.35. The van der Waals surface area contributed by atoms with Gasteiger partial charge in [0.2, 0.25) is 0 Å². The summed E-state index contributed by atoms with van der Waals surface area (Å²) in [6.07, 6.45) is 7.70. The molecule has 1 aliphatic rings. The van der Waals surface area contributed by atoms with Crippen LogP contribution in [0.25, 0.3) is 0 Å². The summed E-state index contributed by atoms with van der Waals surface area (Å²) in [6, 6.07) is 0. The van der Waals surface area contributed by atoms with Crippen molar-refractivity contribution in [3.63, 3.8) is 0 Å². The minimum atomic E-state index is -2.10. The topological polar surface area (TPSA) is 46.5 Å². The van der Waals surface area contributed by atoms with Crippen molar-refractivity contribution >= 4 is 14.1 Å². The lowest BCUT2D eigenvalue weighted by molar-refractivity contribution is -0.119. The zero-order valence-corrected chi connectivity index (χ0v) is 15.4. The maximum Gasteiger partial charge on any atom is 0.188 e. The monoisotopic (exact) mass is 312 g/mol. The summed E-state index contributed by atoms with van der Waals surface area (Å²) in [5.74, 6) is 1.27. The quantitative estimate of drug-likeness (QED) is 0.533. The molecule has 0 saturated carbocycles. The fraction of sp³-hybridized carbons (Fsp3) is 0.824. The lowest BCUT2D eigenvalue weighted by Crippen LogP contribution is -2.38. The maximum absolute atomic E-state index is 12.0. The molecule has 0 radical (unpaired) electrons. The van der Waals surface area contributed by atoms with Gasteiger partial charge < -0.3 is 9.53 Å². The van der Waals surface area contributed by atoms with Crippen molar-refractivity contribution in [3.8, 4) is 0 Å². The molecule has 3 nitrogen and oxygen atoms in total. The van der Waals surface area contributed by atoms with Gasteiger partial charge in [0.1, 0.15) is 0 Å². The van der Waals surface area contributed by atoms with E-state index in [0.29, 0.717) is 6.61 Å². The number of carbonyl (C=O) groups is 1. The third kappa shape index (κ3) is 5.59. The first-order valence-corrected chi connectivity index (χ1v) is 11.2. The van der Waals surface area contributed by atoms with Gasteiger partial charge in [0.15, 0.2) is 14.1 Å². The van der Waals surface area contributed by atoms with E-state index in [1.54, 1.807) is 6.08 Å². The third-order valence-corrected chi connectivity index (χ3v) is 8.60. The first kappa shape index (κ1) is 18.4. The molecule has 122 valence electrons. The molecule has 1 N–H and O–H groups in total. The van der Waals surface area contributed by atoms with Gasteiger partial charge in [-0.25, -0.2) is 0 Å². The van der Waals surface area contributed by atoms with Gasteiger partial charge in [-0.2, -0.15) is 0 Å². The minimum absolute atomic E-state index is 0.0472. The van der Waals surface area contributed by atoms with Gasteiger partial charge in [0.25, 0.3) is 0 Å². The Bertz CT molecular complexity index is 380. The van der Waals surface area contributed by atoms with Crippen LogP contribution in [0.2, 0.25) is 18.1 Å². The molecule has 0 fully saturated rings. The molecule has 1 unspecified atom stereocenters. The second kappa shape index (κ2) is 7.59. The van der Waals surface area contributed by atoms with Gasteiger partial charge in [0, 0.05) is 18.4 Å². The number of hydrogen-bond acceptors (Lipinski definition) is 3. The Balaban J connectivity index is 2.33. The van der Waals surface area contributed by atoms with Crippen LogP contribution in [0.1, 0.15) is 59.3 Å². The number of hydrogen-bond donors (Lipinski definition) is 1. The summed E-state index contributed by atoms with van der Waals surface area (Å²) in [6.45, 7) is 10.9. The van der Waals surface area contributed by atoms with Crippen LogP contribution in [0.3, 0.4) is 0 Å². The van der Waals surface area contributed by atoms with Gasteiger partial charge >= 0.3 is 0 Å². The van der Waals surface area contributed by atoms with Crippen LogP contribution in [0.5, 0.6) is 0 Å². The Kier molecular flexibility index (Phi) is 6.66. The minimum Gasteiger partial charge on any atom is -0.498 e. The highest BCUT2D eigenvalue weighted by atomic mass is 28.4. The molecule has 0 bridgehead atoms. The van der Waals surface area contributed by atoms with Crippen LogP contribution >= 0.6 is 0 Å². The van der Waals surface area contributed by atoms with Crippen LogP contribution in [0.15, 0.2) is 11.8 Å². The van der Waals surface area contributed by atoms with E-state index in [-0.39, 0.29) is 16.7 Å². The van der Waals surface area contributed by atoms with E-state index in [0.717, 1.165) is 44.3 Å². The molecule has 0 aromatic rings. The largest absolute Gasteiger partial charge is 0.498 e. The smallest absolute Gasteiger partial charge is 0.188 e. The molecule has 21 heavy (non-hydrogen) atoms. The lowest BCUT2D eigenvalue weighted by atomic mass is 9.87. The number of ketones is 1. The predicted molar refractivity (Wildman–Crippen MR) is 89.6 cm³/mol. The second-order valence-electron chi connectivity index (χ2n) is 7.37. The van der Waals surface area contributed by atoms with Crippen molar-refractivity contribution < 1.29 is 14.3 Å². The Morgan fingerprint density at radius 3 is 2.57 bits per heavy atom. The summed E-state index contributed by atoms with van der Waals surface area (Å²) in [5, 5.41) is 0.0472. The van der Waals surface area contributed by atoms with E-state index in [1.807, 2.05) is 20.0 Å². The standard InChI is InChI=1S/C17H32O3Si/c1-6-20-15-11-10-14(16(18)13-15)9-7-8-12-17(2,3)21(4,5)19/h13-14,19H,6-12H2,1-5H3. The number of rotatable bonds is 8. The lowest BCUT2D eigenvalue weighted by Gasteiger charge is -2.35. The molecule has 1 aliphatic carbocycles. The fourth-order valence-electron chi connectivity index (χ4n) is 2.66. The molecule has 1 rings (SSSR count). The zero-order chi connectivity index (χ0) is 16.1. The van der Waals surface area contributed by atoms with Gasteiger partial charge in [-0.05, 0) is 44.3 Å². The highest BCUT2D eigenvalue weighted by Gasteiger charge is 2.37. The van der Waals surface area contributed by atoms with Crippen molar-refractivity contribution in [2.24, 2.45) is 5.92 Å². The Morgan fingerprint density at radius 1 is 1.38 bits per heavy atom. The molecule has 0 amide bonds. The van der Waals surface area contributed by atoms with Crippen molar-refractivity contribution in [1.82, 2.24) is 0 Å². The molecule has 0 aromatic heterocycles. The molecule has 0 spiro atoms. The first-order valence-electron chi connectivity index (χ1n) is 8.27. The molecule has 0 aromatic carbocycles. The number of carbonyl (C=O) groups excluding carboxylic acids is 1. The van der Waals surface area contributed by atoms with E-state index in [2.05, 4.69) is 13.8 Å². The summed E-state index contributed by atoms with van der Waals surface area (Å²) < 4.78 is 5.43. The van der Waals surface area contributed by atoms with E-state index < -0.39 is 8.32 Å². The van der Waals surface area contributed by atoms with Crippen molar-refractivity contribution in [3.05, 3.63) is 11.8 Å². The predicted octanol–water partition coefficient (Wildman–Crippen LogP) is 4.42. The number of unbranched alkanes of at least 4 members (excludes halogenated alkanes) is 1. The van der Waals surface area contributed by atoms with Crippen LogP contribution in [0, 0.1) is 5.92 Å².